The number of nitro groups is 1. The summed E-state index contributed by atoms with van der Waals surface area (Å²) in [6.07, 6.45) is -0.461. The second-order valence-electron chi connectivity index (χ2n) is 5.33. The standard InChI is InChI=1S/C14H20FN3O4S/c1-10(2)9-17(7-3-6-16-14(19)20)23-11-4-5-12(15)13(8-11)18(21)22/h4-5,8,10,16H,3,6-7,9H2,1-2H3,(H,19,20). The highest BCUT2D eigenvalue weighted by Gasteiger charge is 2.17. The van der Waals surface area contributed by atoms with Crippen molar-refractivity contribution in [1.29, 1.82) is 0 Å². The third kappa shape index (κ3) is 7.29. The maximum Gasteiger partial charge on any atom is 0.404 e. The van der Waals surface area contributed by atoms with E-state index in [0.29, 0.717) is 30.3 Å². The first-order chi connectivity index (χ1) is 10.8. The van der Waals surface area contributed by atoms with Gasteiger partial charge in [-0.25, -0.2) is 9.10 Å². The van der Waals surface area contributed by atoms with E-state index in [1.165, 1.54) is 24.1 Å². The van der Waals surface area contributed by atoms with Crippen LogP contribution in [0.1, 0.15) is 20.3 Å². The van der Waals surface area contributed by atoms with Gasteiger partial charge in [0, 0.05) is 30.6 Å². The van der Waals surface area contributed by atoms with Crippen molar-refractivity contribution in [3.05, 3.63) is 34.1 Å². The quantitative estimate of drug-likeness (QED) is 0.308. The molecule has 0 saturated carbocycles. The fourth-order valence-electron chi connectivity index (χ4n) is 1.87. The minimum Gasteiger partial charge on any atom is -0.465 e. The summed E-state index contributed by atoms with van der Waals surface area (Å²) in [6.45, 7) is 5.73. The molecular formula is C14H20FN3O4S. The molecule has 1 aromatic carbocycles. The number of rotatable bonds is 9. The molecule has 0 atom stereocenters. The minimum absolute atomic E-state index is 0.327. The van der Waals surface area contributed by atoms with Crippen molar-refractivity contribution in [2.75, 3.05) is 19.6 Å². The van der Waals surface area contributed by atoms with E-state index in [1.54, 1.807) is 0 Å². The summed E-state index contributed by atoms with van der Waals surface area (Å²) >= 11 is 1.30. The maximum atomic E-state index is 13.4. The van der Waals surface area contributed by atoms with Crippen molar-refractivity contribution in [2.45, 2.75) is 25.2 Å². The summed E-state index contributed by atoms with van der Waals surface area (Å²) in [5.74, 6) is -0.495. The number of hydrogen-bond donors (Lipinski definition) is 2. The number of carboxylic acid groups (broad SMARTS) is 1. The summed E-state index contributed by atoms with van der Waals surface area (Å²) in [7, 11) is 0. The zero-order chi connectivity index (χ0) is 17.4. The van der Waals surface area contributed by atoms with Gasteiger partial charge in [0.25, 0.3) is 0 Å². The number of carbonyl (C=O) groups is 1. The van der Waals surface area contributed by atoms with Gasteiger partial charge in [0.15, 0.2) is 0 Å². The molecule has 1 aromatic rings. The number of nitrogens with zero attached hydrogens (tertiary/aromatic N) is 2. The Morgan fingerprint density at radius 2 is 2.22 bits per heavy atom. The van der Waals surface area contributed by atoms with Crippen LogP contribution in [0.2, 0.25) is 0 Å². The molecule has 0 saturated heterocycles. The first-order valence-corrected chi connectivity index (χ1v) is 7.90. The molecule has 0 heterocycles. The van der Waals surface area contributed by atoms with E-state index in [9.17, 15) is 19.3 Å². The van der Waals surface area contributed by atoms with E-state index in [0.717, 1.165) is 12.6 Å². The Bertz CT molecular complexity index is 557. The summed E-state index contributed by atoms with van der Waals surface area (Å²) in [4.78, 5) is 21.0. The molecule has 0 aliphatic heterocycles. The first-order valence-electron chi connectivity index (χ1n) is 7.13. The number of amides is 1. The van der Waals surface area contributed by atoms with Crippen molar-refractivity contribution in [3.63, 3.8) is 0 Å². The Morgan fingerprint density at radius 3 is 2.78 bits per heavy atom. The first kappa shape index (κ1) is 19.2. The highest BCUT2D eigenvalue weighted by molar-refractivity contribution is 7.97. The Balaban J connectivity index is 2.70. The van der Waals surface area contributed by atoms with E-state index in [-0.39, 0.29) is 0 Å². The van der Waals surface area contributed by atoms with Crippen molar-refractivity contribution in [3.8, 4) is 0 Å². The van der Waals surface area contributed by atoms with Crippen molar-refractivity contribution in [2.24, 2.45) is 5.92 Å². The molecule has 128 valence electrons. The molecule has 0 aromatic heterocycles. The highest BCUT2D eigenvalue weighted by atomic mass is 32.2. The molecule has 1 rings (SSSR count). The van der Waals surface area contributed by atoms with Gasteiger partial charge in [-0.05, 0) is 36.4 Å². The molecule has 7 nitrogen and oxygen atoms in total. The highest BCUT2D eigenvalue weighted by Crippen LogP contribution is 2.28. The summed E-state index contributed by atoms with van der Waals surface area (Å²) in [5.41, 5.74) is -0.549. The van der Waals surface area contributed by atoms with Crippen molar-refractivity contribution < 1.29 is 19.2 Å². The van der Waals surface area contributed by atoms with Crippen molar-refractivity contribution >= 4 is 23.7 Å². The van der Waals surface area contributed by atoms with Crippen LogP contribution in [0.15, 0.2) is 23.1 Å². The maximum absolute atomic E-state index is 13.4. The molecule has 0 fully saturated rings. The second-order valence-corrected chi connectivity index (χ2v) is 6.50. The molecule has 0 bridgehead atoms. The molecule has 9 heteroatoms. The van der Waals surface area contributed by atoms with Crippen LogP contribution in [0.4, 0.5) is 14.9 Å². The van der Waals surface area contributed by atoms with Crippen molar-refractivity contribution in [1.82, 2.24) is 9.62 Å². The SMILES string of the molecule is CC(C)CN(CCCNC(=O)O)Sc1ccc(F)c([N+](=O)[O-])c1. The van der Waals surface area contributed by atoms with Gasteiger partial charge in [-0.1, -0.05) is 13.8 Å². The summed E-state index contributed by atoms with van der Waals surface area (Å²) in [5, 5.41) is 21.6. The lowest BCUT2D eigenvalue weighted by molar-refractivity contribution is -0.387. The molecule has 2 N–H and O–H groups in total. The Hall–Kier alpha value is -1.87. The van der Waals surface area contributed by atoms with Crippen LogP contribution in [-0.2, 0) is 0 Å². The number of benzene rings is 1. The van der Waals surface area contributed by atoms with Crippen LogP contribution in [0.3, 0.4) is 0 Å². The van der Waals surface area contributed by atoms with Gasteiger partial charge in [-0.15, -0.1) is 0 Å². The summed E-state index contributed by atoms with van der Waals surface area (Å²) in [6, 6.07) is 3.79. The van der Waals surface area contributed by atoms with Gasteiger partial charge in [0.2, 0.25) is 5.82 Å². The van der Waals surface area contributed by atoms with Gasteiger partial charge in [0.05, 0.1) is 4.92 Å². The molecule has 23 heavy (non-hydrogen) atoms. The second kappa shape index (κ2) is 9.31. The van der Waals surface area contributed by atoms with E-state index in [4.69, 9.17) is 5.11 Å². The molecule has 0 spiro atoms. The zero-order valence-electron chi connectivity index (χ0n) is 13.0. The molecule has 1 amide bonds. The summed E-state index contributed by atoms with van der Waals surface area (Å²) < 4.78 is 15.4. The van der Waals surface area contributed by atoms with Gasteiger partial charge in [0.1, 0.15) is 0 Å². The molecule has 0 aliphatic carbocycles. The van der Waals surface area contributed by atoms with Crippen LogP contribution >= 0.6 is 11.9 Å². The lowest BCUT2D eigenvalue weighted by Crippen LogP contribution is -2.27. The Kier molecular flexibility index (Phi) is 7.76. The van der Waals surface area contributed by atoms with Gasteiger partial charge in [-0.3, -0.25) is 10.1 Å². The third-order valence-corrected chi connectivity index (χ3v) is 3.83. The van der Waals surface area contributed by atoms with E-state index < -0.39 is 22.5 Å². The predicted octanol–water partition coefficient (Wildman–Crippen LogP) is 3.36. The van der Waals surface area contributed by atoms with Crippen LogP contribution in [0.5, 0.6) is 0 Å². The predicted molar refractivity (Wildman–Crippen MR) is 86.0 cm³/mol. The number of halogens is 1. The fourth-order valence-corrected chi connectivity index (χ4v) is 3.05. The Labute approximate surface area is 138 Å². The van der Waals surface area contributed by atoms with Gasteiger partial charge >= 0.3 is 11.8 Å². The molecule has 0 radical (unpaired) electrons. The monoisotopic (exact) mass is 345 g/mol. The minimum atomic E-state index is -1.07. The topological polar surface area (TPSA) is 95.7 Å². The van der Waals surface area contributed by atoms with Gasteiger partial charge in [-0.2, -0.15) is 4.39 Å². The van der Waals surface area contributed by atoms with Crippen LogP contribution in [0.25, 0.3) is 0 Å². The zero-order valence-corrected chi connectivity index (χ0v) is 13.8. The molecule has 0 unspecified atom stereocenters. The smallest absolute Gasteiger partial charge is 0.404 e. The number of nitrogens with one attached hydrogen (secondary N) is 1. The normalized spacial score (nSPS) is 11.0. The van der Waals surface area contributed by atoms with Crippen LogP contribution in [0, 0.1) is 21.8 Å². The van der Waals surface area contributed by atoms with Crippen LogP contribution in [-0.4, -0.2) is 40.1 Å². The Morgan fingerprint density at radius 1 is 1.52 bits per heavy atom. The van der Waals surface area contributed by atoms with Crippen LogP contribution < -0.4 is 5.32 Å². The van der Waals surface area contributed by atoms with E-state index in [1.807, 2.05) is 18.2 Å². The average Bonchev–Trinajstić information content (AvgIpc) is 2.44. The van der Waals surface area contributed by atoms with E-state index in [2.05, 4.69) is 5.32 Å². The lowest BCUT2D eigenvalue weighted by atomic mass is 10.2. The lowest BCUT2D eigenvalue weighted by Gasteiger charge is -2.23. The molecule has 0 aliphatic rings. The largest absolute Gasteiger partial charge is 0.465 e. The molecular weight excluding hydrogens is 325 g/mol. The van der Waals surface area contributed by atoms with E-state index >= 15 is 0 Å². The third-order valence-electron chi connectivity index (χ3n) is 2.78. The van der Waals surface area contributed by atoms with Gasteiger partial charge < -0.3 is 10.4 Å². The average molecular weight is 345 g/mol. The number of nitro benzene ring substituents is 1. The number of hydrogen-bond acceptors (Lipinski definition) is 5. The fraction of sp³-hybridized carbons (Fsp3) is 0.500.